The molecule has 0 spiro atoms. The average molecular weight is 224 g/mol. The Morgan fingerprint density at radius 1 is 1.50 bits per heavy atom. The minimum absolute atomic E-state index is 0.107. The highest BCUT2D eigenvalue weighted by molar-refractivity contribution is 5.56. The SMILES string of the molecule is CCC(C)N1/C=N\C(C)(C)CC(C)CCC1. The molecule has 94 valence electrons. The van der Waals surface area contributed by atoms with Crippen LogP contribution in [0.2, 0.25) is 0 Å². The molecule has 16 heavy (non-hydrogen) atoms. The number of rotatable bonds is 2. The van der Waals surface area contributed by atoms with Crippen LogP contribution in [-0.2, 0) is 0 Å². The highest BCUT2D eigenvalue weighted by Gasteiger charge is 2.22. The van der Waals surface area contributed by atoms with E-state index in [0.717, 1.165) is 5.92 Å². The molecule has 0 aromatic carbocycles. The molecule has 1 rings (SSSR count). The van der Waals surface area contributed by atoms with Crippen molar-refractivity contribution in [2.75, 3.05) is 6.54 Å². The van der Waals surface area contributed by atoms with E-state index in [2.05, 4.69) is 45.9 Å². The average Bonchev–Trinajstić information content (AvgIpc) is 2.26. The molecule has 1 aliphatic rings. The number of nitrogens with zero attached hydrogens (tertiary/aromatic N) is 2. The van der Waals surface area contributed by atoms with E-state index in [1.807, 2.05) is 0 Å². The van der Waals surface area contributed by atoms with Crippen molar-refractivity contribution in [3.63, 3.8) is 0 Å². The van der Waals surface area contributed by atoms with Crippen molar-refractivity contribution in [2.24, 2.45) is 10.9 Å². The first-order chi connectivity index (χ1) is 7.44. The predicted octanol–water partition coefficient (Wildman–Crippen LogP) is 3.71. The molecule has 0 aliphatic carbocycles. The smallest absolute Gasteiger partial charge is 0.0858 e. The van der Waals surface area contributed by atoms with E-state index in [1.165, 1.54) is 32.2 Å². The summed E-state index contributed by atoms with van der Waals surface area (Å²) in [6, 6.07) is 0.618. The Labute approximate surface area is 101 Å². The molecule has 0 radical (unpaired) electrons. The first-order valence-electron chi connectivity index (χ1n) is 6.75. The molecule has 0 bridgehead atoms. The van der Waals surface area contributed by atoms with E-state index in [-0.39, 0.29) is 5.54 Å². The Morgan fingerprint density at radius 2 is 2.19 bits per heavy atom. The maximum absolute atomic E-state index is 4.78. The largest absolute Gasteiger partial charge is 0.360 e. The highest BCUT2D eigenvalue weighted by Crippen LogP contribution is 2.25. The van der Waals surface area contributed by atoms with Gasteiger partial charge < -0.3 is 4.90 Å². The summed E-state index contributed by atoms with van der Waals surface area (Å²) < 4.78 is 0. The summed E-state index contributed by atoms with van der Waals surface area (Å²) in [5.74, 6) is 0.795. The summed E-state index contributed by atoms with van der Waals surface area (Å²) >= 11 is 0. The quantitative estimate of drug-likeness (QED) is 0.698. The zero-order valence-electron chi connectivity index (χ0n) is 11.7. The molecule has 2 unspecified atom stereocenters. The second-order valence-electron chi connectivity index (χ2n) is 6.00. The van der Waals surface area contributed by atoms with E-state index in [9.17, 15) is 0 Å². The molecule has 2 heteroatoms. The van der Waals surface area contributed by atoms with Gasteiger partial charge in [-0.15, -0.1) is 0 Å². The monoisotopic (exact) mass is 224 g/mol. The molecular weight excluding hydrogens is 196 g/mol. The molecule has 0 amide bonds. The van der Waals surface area contributed by atoms with Crippen LogP contribution in [0, 0.1) is 5.92 Å². The summed E-state index contributed by atoms with van der Waals surface area (Å²) in [6.45, 7) is 12.6. The van der Waals surface area contributed by atoms with Crippen molar-refractivity contribution < 1.29 is 0 Å². The normalized spacial score (nSPS) is 30.1. The van der Waals surface area contributed by atoms with Gasteiger partial charge in [0.25, 0.3) is 0 Å². The molecule has 2 nitrogen and oxygen atoms in total. The first kappa shape index (κ1) is 13.5. The van der Waals surface area contributed by atoms with Gasteiger partial charge in [0.2, 0.25) is 0 Å². The topological polar surface area (TPSA) is 15.6 Å². The van der Waals surface area contributed by atoms with E-state index in [0.29, 0.717) is 6.04 Å². The van der Waals surface area contributed by atoms with Gasteiger partial charge in [0.05, 0.1) is 11.9 Å². The Balaban J connectivity index is 2.73. The van der Waals surface area contributed by atoms with Crippen LogP contribution in [0.3, 0.4) is 0 Å². The van der Waals surface area contributed by atoms with E-state index in [4.69, 9.17) is 4.99 Å². The summed E-state index contributed by atoms with van der Waals surface area (Å²) in [4.78, 5) is 7.19. The molecule has 0 aromatic heterocycles. The van der Waals surface area contributed by atoms with E-state index in [1.54, 1.807) is 0 Å². The Hall–Kier alpha value is -0.530. The molecule has 0 saturated carbocycles. The van der Waals surface area contributed by atoms with Gasteiger partial charge >= 0.3 is 0 Å². The summed E-state index contributed by atoms with van der Waals surface area (Å²) in [5.41, 5.74) is 0.107. The van der Waals surface area contributed by atoms with Gasteiger partial charge in [-0.25, -0.2) is 0 Å². The fourth-order valence-corrected chi connectivity index (χ4v) is 2.49. The molecule has 0 saturated heterocycles. The van der Waals surface area contributed by atoms with Crippen LogP contribution in [0.25, 0.3) is 0 Å². The van der Waals surface area contributed by atoms with Crippen LogP contribution < -0.4 is 0 Å². The number of aliphatic imine (C=N–C) groups is 1. The van der Waals surface area contributed by atoms with Crippen LogP contribution >= 0.6 is 0 Å². The lowest BCUT2D eigenvalue weighted by atomic mass is 9.90. The lowest BCUT2D eigenvalue weighted by molar-refractivity contribution is 0.315. The van der Waals surface area contributed by atoms with Crippen molar-refractivity contribution in [3.05, 3.63) is 0 Å². The lowest BCUT2D eigenvalue weighted by Crippen LogP contribution is -2.33. The van der Waals surface area contributed by atoms with Crippen molar-refractivity contribution in [1.29, 1.82) is 0 Å². The van der Waals surface area contributed by atoms with Crippen molar-refractivity contribution in [1.82, 2.24) is 4.90 Å². The third-order valence-corrected chi connectivity index (χ3v) is 3.67. The van der Waals surface area contributed by atoms with Crippen LogP contribution in [0.15, 0.2) is 4.99 Å². The Morgan fingerprint density at radius 3 is 2.81 bits per heavy atom. The molecule has 0 N–H and O–H groups in total. The van der Waals surface area contributed by atoms with E-state index >= 15 is 0 Å². The second kappa shape index (κ2) is 5.70. The third-order valence-electron chi connectivity index (χ3n) is 3.67. The zero-order chi connectivity index (χ0) is 12.2. The standard InChI is InChI=1S/C14H28N2/c1-6-13(3)16-9-7-8-12(2)10-14(4,5)15-11-16/h11-13H,6-10H2,1-5H3/b15-11-. The molecular formula is C14H28N2. The first-order valence-corrected chi connectivity index (χ1v) is 6.75. The molecule has 0 aromatic rings. The summed E-state index contributed by atoms with van der Waals surface area (Å²) in [6.07, 6.45) is 7.14. The number of hydrogen-bond acceptors (Lipinski definition) is 2. The Bertz CT molecular complexity index is 233. The van der Waals surface area contributed by atoms with Crippen LogP contribution in [0.4, 0.5) is 0 Å². The van der Waals surface area contributed by atoms with Gasteiger partial charge in [-0.05, 0) is 52.4 Å². The van der Waals surface area contributed by atoms with Gasteiger partial charge in [-0.1, -0.05) is 13.8 Å². The van der Waals surface area contributed by atoms with Gasteiger partial charge in [-0.2, -0.15) is 0 Å². The fraction of sp³-hybridized carbons (Fsp3) is 0.929. The molecule has 0 fully saturated rings. The van der Waals surface area contributed by atoms with Crippen molar-refractivity contribution in [3.8, 4) is 0 Å². The predicted molar refractivity (Wildman–Crippen MR) is 72.0 cm³/mol. The molecule has 1 aliphatic heterocycles. The maximum Gasteiger partial charge on any atom is 0.0858 e. The minimum atomic E-state index is 0.107. The van der Waals surface area contributed by atoms with E-state index < -0.39 is 0 Å². The lowest BCUT2D eigenvalue weighted by Gasteiger charge is -2.27. The number of hydrogen-bond donors (Lipinski definition) is 0. The third kappa shape index (κ3) is 4.15. The Kier molecular flexibility index (Phi) is 4.82. The van der Waals surface area contributed by atoms with Crippen molar-refractivity contribution in [2.45, 2.75) is 71.9 Å². The van der Waals surface area contributed by atoms with Gasteiger partial charge in [0, 0.05) is 12.6 Å². The summed E-state index contributed by atoms with van der Waals surface area (Å²) in [5, 5.41) is 0. The molecule has 2 atom stereocenters. The van der Waals surface area contributed by atoms with Crippen LogP contribution in [0.5, 0.6) is 0 Å². The fourth-order valence-electron chi connectivity index (χ4n) is 2.49. The van der Waals surface area contributed by atoms with Crippen LogP contribution in [-0.4, -0.2) is 29.4 Å². The van der Waals surface area contributed by atoms with Crippen molar-refractivity contribution >= 4 is 6.34 Å². The zero-order valence-corrected chi connectivity index (χ0v) is 11.7. The van der Waals surface area contributed by atoms with Gasteiger partial charge in [0.1, 0.15) is 0 Å². The minimum Gasteiger partial charge on any atom is -0.360 e. The summed E-state index contributed by atoms with van der Waals surface area (Å²) in [7, 11) is 0. The maximum atomic E-state index is 4.78. The second-order valence-corrected chi connectivity index (χ2v) is 6.00. The van der Waals surface area contributed by atoms with Gasteiger partial charge in [-0.3, -0.25) is 4.99 Å². The highest BCUT2D eigenvalue weighted by atomic mass is 15.2. The van der Waals surface area contributed by atoms with Crippen LogP contribution in [0.1, 0.15) is 60.3 Å². The molecule has 1 heterocycles. The van der Waals surface area contributed by atoms with Gasteiger partial charge in [0.15, 0.2) is 0 Å².